The van der Waals surface area contributed by atoms with Gasteiger partial charge < -0.3 is 20.9 Å². The van der Waals surface area contributed by atoms with Crippen LogP contribution in [0.2, 0.25) is 0 Å². The van der Waals surface area contributed by atoms with Crippen LogP contribution in [0.5, 0.6) is 0 Å². The summed E-state index contributed by atoms with van der Waals surface area (Å²) in [7, 11) is 3.54. The number of rotatable bonds is 6. The van der Waals surface area contributed by atoms with Gasteiger partial charge in [-0.25, -0.2) is 4.98 Å². The smallest absolute Gasteiger partial charge is 0.257 e. The van der Waals surface area contributed by atoms with Crippen LogP contribution in [0.1, 0.15) is 16.1 Å². The van der Waals surface area contributed by atoms with Gasteiger partial charge in [-0.05, 0) is 32.2 Å². The zero-order valence-electron chi connectivity index (χ0n) is 17.4. The van der Waals surface area contributed by atoms with Gasteiger partial charge >= 0.3 is 0 Å². The highest BCUT2D eigenvalue weighted by atomic mass is 16.2. The summed E-state index contributed by atoms with van der Waals surface area (Å²) in [6.07, 6.45) is 6.72. The number of pyridine rings is 2. The Labute approximate surface area is 178 Å². The van der Waals surface area contributed by atoms with Crippen molar-refractivity contribution in [3.8, 4) is 11.3 Å². The Balaban J connectivity index is 1.55. The normalized spacial score (nSPS) is 10.9. The molecule has 0 unspecified atom stereocenters. The molecule has 0 bridgehead atoms. The van der Waals surface area contributed by atoms with E-state index in [4.69, 9.17) is 0 Å². The van der Waals surface area contributed by atoms with Crippen LogP contribution in [0, 0.1) is 6.92 Å². The van der Waals surface area contributed by atoms with E-state index in [1.54, 1.807) is 43.2 Å². The molecular weight excluding hydrogens is 396 g/mol. The zero-order chi connectivity index (χ0) is 22.0. The van der Waals surface area contributed by atoms with Crippen molar-refractivity contribution in [1.29, 1.82) is 0 Å². The average Bonchev–Trinajstić information content (AvgIpc) is 3.36. The van der Waals surface area contributed by atoms with E-state index < -0.39 is 0 Å². The molecule has 10 nitrogen and oxygen atoms in total. The van der Waals surface area contributed by atoms with E-state index >= 15 is 0 Å². The number of amides is 2. The van der Waals surface area contributed by atoms with E-state index in [1.807, 2.05) is 19.3 Å². The van der Waals surface area contributed by atoms with E-state index in [-0.39, 0.29) is 18.4 Å². The van der Waals surface area contributed by atoms with Gasteiger partial charge in [0.2, 0.25) is 5.91 Å². The molecule has 4 N–H and O–H groups in total. The minimum Gasteiger partial charge on any atom is -0.339 e. The lowest BCUT2D eigenvalue weighted by atomic mass is 10.2. The zero-order valence-corrected chi connectivity index (χ0v) is 17.4. The maximum Gasteiger partial charge on any atom is 0.257 e. The Morgan fingerprint density at radius 1 is 1.10 bits per heavy atom. The standard InChI is InChI=1S/C21H22N8O2/c1-12-17(6-16(9-23-12)26-19(30)10-22-2)28-21(31)14-4-13-5-18(27-20(13)24-7-14)15-8-25-29(3)11-15/h4-9,11,22H,10H2,1-3H3,(H,24,27)(H,26,30)(H,28,31). The van der Waals surface area contributed by atoms with Gasteiger partial charge in [-0.1, -0.05) is 0 Å². The third-order valence-corrected chi connectivity index (χ3v) is 4.70. The number of aromatic amines is 1. The van der Waals surface area contributed by atoms with E-state index in [0.29, 0.717) is 28.3 Å². The first kappa shape index (κ1) is 20.2. The SMILES string of the molecule is CNCC(=O)Nc1cnc(C)c(NC(=O)c2cnc3[nH]c(-c4cnn(C)c4)cc3c2)c1. The summed E-state index contributed by atoms with van der Waals surface area (Å²) < 4.78 is 1.72. The molecule has 0 aliphatic rings. The van der Waals surface area contributed by atoms with Crippen LogP contribution in [-0.4, -0.2) is 50.1 Å². The Morgan fingerprint density at radius 2 is 1.94 bits per heavy atom. The molecule has 0 aliphatic carbocycles. The number of nitrogens with one attached hydrogen (secondary N) is 4. The molecule has 0 radical (unpaired) electrons. The molecule has 10 heteroatoms. The predicted octanol–water partition coefficient (Wildman–Crippen LogP) is 2.08. The summed E-state index contributed by atoms with van der Waals surface area (Å²) >= 11 is 0. The maximum absolute atomic E-state index is 12.8. The van der Waals surface area contributed by atoms with Crippen molar-refractivity contribution in [3.05, 3.63) is 54.2 Å². The summed E-state index contributed by atoms with van der Waals surface area (Å²) in [4.78, 5) is 36.5. The lowest BCUT2D eigenvalue weighted by Gasteiger charge is -2.11. The monoisotopic (exact) mass is 418 g/mol. The number of anilines is 2. The molecular formula is C21H22N8O2. The van der Waals surface area contributed by atoms with Crippen LogP contribution >= 0.6 is 0 Å². The molecule has 0 aromatic carbocycles. The minimum atomic E-state index is -0.317. The fourth-order valence-corrected chi connectivity index (χ4v) is 3.14. The molecule has 4 heterocycles. The highest BCUT2D eigenvalue weighted by Crippen LogP contribution is 2.24. The quantitative estimate of drug-likeness (QED) is 0.379. The molecule has 4 aromatic rings. The van der Waals surface area contributed by atoms with Gasteiger partial charge in [0.15, 0.2) is 0 Å². The van der Waals surface area contributed by atoms with Crippen LogP contribution in [0.4, 0.5) is 11.4 Å². The Bertz CT molecular complexity index is 1270. The van der Waals surface area contributed by atoms with Gasteiger partial charge in [0.05, 0.1) is 47.3 Å². The first-order valence-electron chi connectivity index (χ1n) is 9.63. The number of hydrogen-bond donors (Lipinski definition) is 4. The van der Waals surface area contributed by atoms with Gasteiger partial charge in [-0.2, -0.15) is 5.10 Å². The van der Waals surface area contributed by atoms with Gasteiger partial charge in [0.1, 0.15) is 5.65 Å². The summed E-state index contributed by atoms with van der Waals surface area (Å²) in [5.74, 6) is -0.515. The molecule has 2 amide bonds. The molecule has 0 aliphatic heterocycles. The Morgan fingerprint density at radius 3 is 2.68 bits per heavy atom. The highest BCUT2D eigenvalue weighted by molar-refractivity contribution is 6.06. The van der Waals surface area contributed by atoms with Crippen molar-refractivity contribution >= 4 is 34.2 Å². The van der Waals surface area contributed by atoms with Crippen molar-refractivity contribution in [2.75, 3.05) is 24.2 Å². The molecule has 31 heavy (non-hydrogen) atoms. The minimum absolute atomic E-state index is 0.180. The molecule has 0 atom stereocenters. The number of likely N-dealkylation sites (N-methyl/N-ethyl adjacent to an activating group) is 1. The number of nitrogens with zero attached hydrogens (tertiary/aromatic N) is 4. The van der Waals surface area contributed by atoms with E-state index in [9.17, 15) is 9.59 Å². The Kier molecular flexibility index (Phi) is 5.46. The fourth-order valence-electron chi connectivity index (χ4n) is 3.14. The lowest BCUT2D eigenvalue weighted by Crippen LogP contribution is -2.25. The van der Waals surface area contributed by atoms with Crippen molar-refractivity contribution in [1.82, 2.24) is 30.0 Å². The second kappa shape index (κ2) is 8.36. The number of aryl methyl sites for hydroxylation is 2. The fraction of sp³-hybridized carbons (Fsp3) is 0.190. The van der Waals surface area contributed by atoms with E-state index in [0.717, 1.165) is 16.6 Å². The van der Waals surface area contributed by atoms with Crippen LogP contribution in [-0.2, 0) is 11.8 Å². The third-order valence-electron chi connectivity index (χ3n) is 4.70. The van der Waals surface area contributed by atoms with Gasteiger partial charge in [0, 0.05) is 30.4 Å². The largest absolute Gasteiger partial charge is 0.339 e. The van der Waals surface area contributed by atoms with Gasteiger partial charge in [-0.3, -0.25) is 19.3 Å². The molecule has 4 aromatic heterocycles. The average molecular weight is 418 g/mol. The van der Waals surface area contributed by atoms with Crippen molar-refractivity contribution < 1.29 is 9.59 Å². The van der Waals surface area contributed by atoms with Crippen molar-refractivity contribution in [2.45, 2.75) is 6.92 Å². The summed E-state index contributed by atoms with van der Waals surface area (Å²) in [6.45, 7) is 1.96. The van der Waals surface area contributed by atoms with E-state index in [1.165, 1.54) is 6.20 Å². The summed E-state index contributed by atoms with van der Waals surface area (Å²) in [5.41, 5.74) is 4.55. The predicted molar refractivity (Wildman–Crippen MR) is 118 cm³/mol. The number of aromatic nitrogens is 5. The van der Waals surface area contributed by atoms with Crippen LogP contribution in [0.25, 0.3) is 22.3 Å². The molecule has 0 saturated heterocycles. The second-order valence-electron chi connectivity index (χ2n) is 7.14. The molecule has 0 saturated carbocycles. The summed E-state index contributed by atoms with van der Waals surface area (Å²) in [5, 5.41) is 13.3. The first-order chi connectivity index (χ1) is 14.9. The second-order valence-corrected chi connectivity index (χ2v) is 7.14. The van der Waals surface area contributed by atoms with Crippen molar-refractivity contribution in [2.24, 2.45) is 7.05 Å². The third kappa shape index (κ3) is 4.43. The van der Waals surface area contributed by atoms with Crippen LogP contribution in [0.3, 0.4) is 0 Å². The number of fused-ring (bicyclic) bond motifs is 1. The van der Waals surface area contributed by atoms with Crippen molar-refractivity contribution in [3.63, 3.8) is 0 Å². The number of carbonyl (C=O) groups is 2. The van der Waals surface area contributed by atoms with Crippen LogP contribution in [0.15, 0.2) is 43.0 Å². The number of carbonyl (C=O) groups excluding carboxylic acids is 2. The van der Waals surface area contributed by atoms with Gasteiger partial charge in [0.25, 0.3) is 5.91 Å². The first-order valence-corrected chi connectivity index (χ1v) is 9.63. The molecule has 0 fully saturated rings. The molecule has 158 valence electrons. The van der Waals surface area contributed by atoms with E-state index in [2.05, 4.69) is 36.0 Å². The highest BCUT2D eigenvalue weighted by Gasteiger charge is 2.13. The number of hydrogen-bond acceptors (Lipinski definition) is 6. The number of H-pyrrole nitrogens is 1. The molecule has 0 spiro atoms. The topological polar surface area (TPSA) is 130 Å². The van der Waals surface area contributed by atoms with Crippen LogP contribution < -0.4 is 16.0 Å². The molecule has 4 rings (SSSR count). The Hall–Kier alpha value is -4.05. The summed E-state index contributed by atoms with van der Waals surface area (Å²) in [6, 6.07) is 5.38. The van der Waals surface area contributed by atoms with Gasteiger partial charge in [-0.15, -0.1) is 0 Å². The lowest BCUT2D eigenvalue weighted by molar-refractivity contribution is -0.115. The maximum atomic E-state index is 12.8.